The van der Waals surface area contributed by atoms with Gasteiger partial charge in [0.05, 0.1) is 5.92 Å². The number of hydrogen-bond acceptors (Lipinski definition) is 2. The lowest BCUT2D eigenvalue weighted by atomic mass is 9.98. The summed E-state index contributed by atoms with van der Waals surface area (Å²) in [6, 6.07) is 16.4. The summed E-state index contributed by atoms with van der Waals surface area (Å²) < 4.78 is 0. The van der Waals surface area contributed by atoms with Gasteiger partial charge in [0.15, 0.2) is 0 Å². The quantitative estimate of drug-likeness (QED) is 0.834. The first kappa shape index (κ1) is 17.8. The molecular formula is C23H26N2O2. The second kappa shape index (κ2) is 7.18. The maximum Gasteiger partial charge on any atom is 0.228 e. The molecule has 0 aliphatic carbocycles. The first-order chi connectivity index (χ1) is 13.0. The van der Waals surface area contributed by atoms with Gasteiger partial charge >= 0.3 is 0 Å². The molecule has 4 nitrogen and oxygen atoms in total. The molecule has 2 amide bonds. The number of anilines is 1. The van der Waals surface area contributed by atoms with Crippen LogP contribution in [0.3, 0.4) is 0 Å². The first-order valence-corrected chi connectivity index (χ1v) is 9.79. The lowest BCUT2D eigenvalue weighted by molar-refractivity contribution is -0.136. The van der Waals surface area contributed by atoms with E-state index in [9.17, 15) is 9.59 Å². The zero-order valence-corrected chi connectivity index (χ0v) is 16.0. The van der Waals surface area contributed by atoms with Crippen molar-refractivity contribution in [3.05, 3.63) is 65.2 Å². The molecule has 1 fully saturated rings. The van der Waals surface area contributed by atoms with Gasteiger partial charge in [0, 0.05) is 31.7 Å². The van der Waals surface area contributed by atoms with Crippen LogP contribution in [0.25, 0.3) is 0 Å². The minimum Gasteiger partial charge on any atom is -0.338 e. The van der Waals surface area contributed by atoms with E-state index in [1.165, 1.54) is 16.7 Å². The van der Waals surface area contributed by atoms with E-state index in [-0.39, 0.29) is 17.7 Å². The predicted octanol–water partition coefficient (Wildman–Crippen LogP) is 3.75. The molecule has 0 radical (unpaired) electrons. The smallest absolute Gasteiger partial charge is 0.228 e. The van der Waals surface area contributed by atoms with Crippen molar-refractivity contribution in [3.63, 3.8) is 0 Å². The molecule has 0 N–H and O–H groups in total. The Kier molecular flexibility index (Phi) is 4.73. The van der Waals surface area contributed by atoms with Crippen molar-refractivity contribution in [3.8, 4) is 0 Å². The van der Waals surface area contributed by atoms with Crippen LogP contribution < -0.4 is 4.90 Å². The molecule has 2 aromatic rings. The lowest BCUT2D eigenvalue weighted by Gasteiger charge is -2.30. The average molecular weight is 362 g/mol. The molecule has 0 spiro atoms. The van der Waals surface area contributed by atoms with E-state index in [2.05, 4.69) is 38.1 Å². The van der Waals surface area contributed by atoms with E-state index < -0.39 is 0 Å². The zero-order valence-electron chi connectivity index (χ0n) is 16.0. The van der Waals surface area contributed by atoms with Gasteiger partial charge in [-0.15, -0.1) is 0 Å². The van der Waals surface area contributed by atoms with Crippen LogP contribution in [0.5, 0.6) is 0 Å². The van der Waals surface area contributed by atoms with Crippen molar-refractivity contribution in [1.82, 2.24) is 4.90 Å². The number of benzene rings is 2. The summed E-state index contributed by atoms with van der Waals surface area (Å²) >= 11 is 0. The maximum atomic E-state index is 13.0. The SMILES string of the molecule is CC(C)c1ccc(N2CC(C(=O)N3CCc4ccccc4C3)CC2=O)cc1. The summed E-state index contributed by atoms with van der Waals surface area (Å²) in [4.78, 5) is 29.3. The fourth-order valence-electron chi connectivity index (χ4n) is 4.10. The molecule has 4 heteroatoms. The number of carbonyl (C=O) groups is 2. The minimum absolute atomic E-state index is 0.0445. The van der Waals surface area contributed by atoms with Crippen molar-refractivity contribution in [2.75, 3.05) is 18.0 Å². The molecule has 2 aromatic carbocycles. The Bertz CT molecular complexity index is 857. The second-order valence-corrected chi connectivity index (χ2v) is 7.93. The van der Waals surface area contributed by atoms with Crippen LogP contribution in [0, 0.1) is 5.92 Å². The third-order valence-corrected chi connectivity index (χ3v) is 5.79. The third-order valence-electron chi connectivity index (χ3n) is 5.79. The molecule has 1 atom stereocenters. The molecule has 140 valence electrons. The van der Waals surface area contributed by atoms with Crippen molar-refractivity contribution < 1.29 is 9.59 Å². The molecule has 0 aromatic heterocycles. The molecule has 2 heterocycles. The summed E-state index contributed by atoms with van der Waals surface area (Å²) in [6.45, 7) is 6.19. The Balaban J connectivity index is 1.45. The van der Waals surface area contributed by atoms with Gasteiger partial charge in [0.25, 0.3) is 0 Å². The number of carbonyl (C=O) groups excluding carboxylic acids is 2. The summed E-state index contributed by atoms with van der Waals surface area (Å²) in [5, 5.41) is 0. The normalized spacial score (nSPS) is 19.5. The van der Waals surface area contributed by atoms with Crippen LogP contribution in [-0.2, 0) is 22.6 Å². The molecule has 1 unspecified atom stereocenters. The molecule has 2 aliphatic rings. The van der Waals surface area contributed by atoms with Crippen LogP contribution >= 0.6 is 0 Å². The Hall–Kier alpha value is -2.62. The molecule has 27 heavy (non-hydrogen) atoms. The van der Waals surface area contributed by atoms with Gasteiger partial charge in [-0.25, -0.2) is 0 Å². The Morgan fingerprint density at radius 3 is 2.44 bits per heavy atom. The molecule has 2 aliphatic heterocycles. The third kappa shape index (κ3) is 3.48. The molecule has 0 saturated carbocycles. The van der Waals surface area contributed by atoms with Crippen molar-refractivity contribution in [2.45, 2.75) is 39.2 Å². The maximum absolute atomic E-state index is 13.0. The molecule has 1 saturated heterocycles. The topological polar surface area (TPSA) is 40.6 Å². The van der Waals surface area contributed by atoms with Crippen LogP contribution in [0.2, 0.25) is 0 Å². The van der Waals surface area contributed by atoms with Gasteiger partial charge in [-0.1, -0.05) is 50.2 Å². The molecular weight excluding hydrogens is 336 g/mol. The van der Waals surface area contributed by atoms with Crippen molar-refractivity contribution in [2.24, 2.45) is 5.92 Å². The summed E-state index contributed by atoms with van der Waals surface area (Å²) in [5.74, 6) is 0.374. The number of hydrogen-bond donors (Lipinski definition) is 0. The summed E-state index contributed by atoms with van der Waals surface area (Å²) in [5.41, 5.74) is 4.70. The van der Waals surface area contributed by atoms with E-state index in [0.29, 0.717) is 25.4 Å². The fraction of sp³-hybridized carbons (Fsp3) is 0.391. The van der Waals surface area contributed by atoms with E-state index >= 15 is 0 Å². The summed E-state index contributed by atoms with van der Waals surface area (Å²) in [6.07, 6.45) is 1.20. The number of amides is 2. The predicted molar refractivity (Wildman–Crippen MR) is 107 cm³/mol. The van der Waals surface area contributed by atoms with Crippen LogP contribution in [0.4, 0.5) is 5.69 Å². The second-order valence-electron chi connectivity index (χ2n) is 7.93. The monoisotopic (exact) mass is 362 g/mol. The number of nitrogens with zero attached hydrogens (tertiary/aromatic N) is 2. The van der Waals surface area contributed by atoms with Gasteiger partial charge in [-0.05, 0) is 41.2 Å². The lowest BCUT2D eigenvalue weighted by Crippen LogP contribution is -2.40. The van der Waals surface area contributed by atoms with Crippen LogP contribution in [-0.4, -0.2) is 29.8 Å². The highest BCUT2D eigenvalue weighted by molar-refractivity contribution is 6.00. The Morgan fingerprint density at radius 1 is 1.04 bits per heavy atom. The van der Waals surface area contributed by atoms with Crippen molar-refractivity contribution in [1.29, 1.82) is 0 Å². The average Bonchev–Trinajstić information content (AvgIpc) is 3.08. The standard InChI is InChI=1S/C23H26N2O2/c1-16(2)17-7-9-21(10-8-17)25-15-20(13-22(25)26)23(27)24-12-11-18-5-3-4-6-19(18)14-24/h3-10,16,20H,11-15H2,1-2H3. The highest BCUT2D eigenvalue weighted by atomic mass is 16.2. The van der Waals surface area contributed by atoms with Gasteiger partial charge in [0.2, 0.25) is 11.8 Å². The Labute approximate surface area is 160 Å². The van der Waals surface area contributed by atoms with E-state index in [4.69, 9.17) is 0 Å². The van der Waals surface area contributed by atoms with Gasteiger partial charge in [-0.3, -0.25) is 9.59 Å². The Morgan fingerprint density at radius 2 is 1.74 bits per heavy atom. The van der Waals surface area contributed by atoms with Gasteiger partial charge in [0.1, 0.15) is 0 Å². The first-order valence-electron chi connectivity index (χ1n) is 9.79. The highest BCUT2D eigenvalue weighted by Gasteiger charge is 2.37. The van der Waals surface area contributed by atoms with Gasteiger partial charge in [-0.2, -0.15) is 0 Å². The van der Waals surface area contributed by atoms with Crippen LogP contribution in [0.15, 0.2) is 48.5 Å². The number of fused-ring (bicyclic) bond motifs is 1. The van der Waals surface area contributed by atoms with Crippen molar-refractivity contribution >= 4 is 17.5 Å². The zero-order chi connectivity index (χ0) is 19.0. The number of rotatable bonds is 3. The van der Waals surface area contributed by atoms with E-state index in [1.807, 2.05) is 29.2 Å². The molecule has 4 rings (SSSR count). The molecule has 0 bridgehead atoms. The van der Waals surface area contributed by atoms with E-state index in [1.54, 1.807) is 4.90 Å². The largest absolute Gasteiger partial charge is 0.338 e. The van der Waals surface area contributed by atoms with Crippen LogP contribution in [0.1, 0.15) is 42.9 Å². The fourth-order valence-corrected chi connectivity index (χ4v) is 4.10. The summed E-state index contributed by atoms with van der Waals surface area (Å²) in [7, 11) is 0. The highest BCUT2D eigenvalue weighted by Crippen LogP contribution is 2.29. The van der Waals surface area contributed by atoms with Gasteiger partial charge < -0.3 is 9.80 Å². The minimum atomic E-state index is -0.243. The van der Waals surface area contributed by atoms with E-state index in [0.717, 1.165) is 18.7 Å².